The maximum atomic E-state index is 12.4. The molecular weight excluding hydrogens is 327 g/mol. The second kappa shape index (κ2) is 5.98. The summed E-state index contributed by atoms with van der Waals surface area (Å²) in [6.45, 7) is 6.39. The smallest absolute Gasteiger partial charge is 0.443 e. The van der Waals surface area contributed by atoms with Crippen molar-refractivity contribution < 1.29 is 35.3 Å². The number of amides is 1. The Morgan fingerprint density at radius 2 is 1.86 bits per heavy atom. The third kappa shape index (κ3) is 4.79. The van der Waals surface area contributed by atoms with Gasteiger partial charge in [0.25, 0.3) is 0 Å². The fraction of sp³-hybridized carbons (Fsp3) is 0.750. The Hall–Kier alpha value is -1.45. The van der Waals surface area contributed by atoms with Gasteiger partial charge < -0.3 is 8.92 Å². The van der Waals surface area contributed by atoms with Crippen LogP contribution in [-0.2, 0) is 19.0 Å². The second-order valence-corrected chi connectivity index (χ2v) is 7.42. The summed E-state index contributed by atoms with van der Waals surface area (Å²) in [5.74, 6) is -0.928. The third-order valence-corrected chi connectivity index (χ3v) is 3.55. The van der Waals surface area contributed by atoms with Crippen molar-refractivity contribution in [3.63, 3.8) is 0 Å². The van der Waals surface area contributed by atoms with Crippen LogP contribution in [0.2, 0.25) is 0 Å². The van der Waals surface area contributed by atoms with Crippen molar-refractivity contribution in [3.05, 3.63) is 12.0 Å². The molecule has 0 N–H and O–H groups in total. The van der Waals surface area contributed by atoms with Crippen LogP contribution in [-0.4, -0.2) is 37.1 Å². The standard InChI is InChI=1S/C12H18F3NO5S/c1-8-5-6-16(10(17)20-11(2,3)4)9(7-8)21-22(18,19)12(13,14)15/h7-8H,5-6H2,1-4H3/t8-/m1/s1. The Labute approximate surface area is 127 Å². The third-order valence-electron chi connectivity index (χ3n) is 2.59. The summed E-state index contributed by atoms with van der Waals surface area (Å²) in [5.41, 5.74) is -6.46. The molecule has 0 bridgehead atoms. The molecule has 0 aromatic rings. The molecule has 1 rings (SSSR count). The van der Waals surface area contributed by atoms with Gasteiger partial charge in [-0.2, -0.15) is 21.6 Å². The molecule has 0 unspecified atom stereocenters. The van der Waals surface area contributed by atoms with Crippen LogP contribution in [0.4, 0.5) is 18.0 Å². The number of halogens is 3. The maximum absolute atomic E-state index is 12.4. The lowest BCUT2D eigenvalue weighted by Gasteiger charge is -2.31. The number of hydrogen-bond acceptors (Lipinski definition) is 5. The molecule has 0 aliphatic carbocycles. The highest BCUT2D eigenvalue weighted by atomic mass is 32.2. The van der Waals surface area contributed by atoms with E-state index in [1.165, 1.54) is 0 Å². The van der Waals surface area contributed by atoms with E-state index in [1.54, 1.807) is 27.7 Å². The van der Waals surface area contributed by atoms with Crippen LogP contribution >= 0.6 is 0 Å². The normalized spacial score (nSPS) is 20.4. The van der Waals surface area contributed by atoms with E-state index in [0.717, 1.165) is 11.0 Å². The molecule has 0 aromatic heterocycles. The van der Waals surface area contributed by atoms with E-state index in [9.17, 15) is 26.4 Å². The van der Waals surface area contributed by atoms with Crippen molar-refractivity contribution in [2.45, 2.75) is 45.2 Å². The van der Waals surface area contributed by atoms with Crippen molar-refractivity contribution >= 4 is 16.2 Å². The Morgan fingerprint density at radius 1 is 1.32 bits per heavy atom. The highest BCUT2D eigenvalue weighted by Gasteiger charge is 2.50. The zero-order valence-corrected chi connectivity index (χ0v) is 13.4. The first-order chi connectivity index (χ1) is 9.73. The predicted octanol–water partition coefficient (Wildman–Crippen LogP) is 2.97. The largest absolute Gasteiger partial charge is 0.534 e. The lowest BCUT2D eigenvalue weighted by Crippen LogP contribution is -2.41. The summed E-state index contributed by atoms with van der Waals surface area (Å²) in [6, 6.07) is 0. The summed E-state index contributed by atoms with van der Waals surface area (Å²) in [5, 5.41) is 0. The molecule has 1 heterocycles. The van der Waals surface area contributed by atoms with Gasteiger partial charge in [-0.15, -0.1) is 0 Å². The van der Waals surface area contributed by atoms with E-state index in [4.69, 9.17) is 4.74 Å². The molecule has 0 aromatic carbocycles. The number of carbonyl (C=O) groups excluding carboxylic acids is 1. The van der Waals surface area contributed by atoms with E-state index in [2.05, 4.69) is 4.18 Å². The molecule has 0 radical (unpaired) electrons. The van der Waals surface area contributed by atoms with Crippen molar-refractivity contribution in [2.24, 2.45) is 5.92 Å². The Kier molecular flexibility index (Phi) is 5.05. The number of rotatable bonds is 2. The summed E-state index contributed by atoms with van der Waals surface area (Å²) in [4.78, 5) is 12.7. The van der Waals surface area contributed by atoms with Gasteiger partial charge in [-0.3, -0.25) is 0 Å². The van der Waals surface area contributed by atoms with Gasteiger partial charge in [0.2, 0.25) is 5.88 Å². The summed E-state index contributed by atoms with van der Waals surface area (Å²) in [7, 11) is -5.85. The van der Waals surface area contributed by atoms with Gasteiger partial charge >= 0.3 is 21.7 Å². The molecule has 128 valence electrons. The topological polar surface area (TPSA) is 72.9 Å². The molecule has 6 nitrogen and oxygen atoms in total. The predicted molar refractivity (Wildman–Crippen MR) is 70.9 cm³/mol. The fourth-order valence-corrected chi connectivity index (χ4v) is 2.06. The number of ether oxygens (including phenoxy) is 1. The minimum Gasteiger partial charge on any atom is -0.443 e. The van der Waals surface area contributed by atoms with Crippen molar-refractivity contribution in [2.75, 3.05) is 6.54 Å². The number of nitrogens with zero attached hydrogens (tertiary/aromatic N) is 1. The molecule has 1 aliphatic rings. The molecule has 22 heavy (non-hydrogen) atoms. The van der Waals surface area contributed by atoms with Crippen LogP contribution < -0.4 is 0 Å². The van der Waals surface area contributed by atoms with Crippen molar-refractivity contribution in [1.29, 1.82) is 0 Å². The van der Waals surface area contributed by atoms with Crippen LogP contribution in [0.15, 0.2) is 12.0 Å². The highest BCUT2D eigenvalue weighted by molar-refractivity contribution is 7.87. The second-order valence-electron chi connectivity index (χ2n) is 5.89. The average Bonchev–Trinajstić information content (AvgIpc) is 2.23. The summed E-state index contributed by atoms with van der Waals surface area (Å²) >= 11 is 0. The molecule has 0 saturated carbocycles. The molecule has 0 spiro atoms. The van der Waals surface area contributed by atoms with E-state index in [-0.39, 0.29) is 12.5 Å². The van der Waals surface area contributed by atoms with E-state index in [1.807, 2.05) is 0 Å². The number of hydrogen-bond donors (Lipinski definition) is 0. The van der Waals surface area contributed by atoms with Crippen molar-refractivity contribution in [3.8, 4) is 0 Å². The quantitative estimate of drug-likeness (QED) is 0.568. The van der Waals surface area contributed by atoms with Crippen LogP contribution in [0.25, 0.3) is 0 Å². The minimum atomic E-state index is -5.85. The molecule has 1 atom stereocenters. The van der Waals surface area contributed by atoms with Gasteiger partial charge in [-0.25, -0.2) is 9.69 Å². The monoisotopic (exact) mass is 345 g/mol. The molecule has 0 fully saturated rings. The summed E-state index contributed by atoms with van der Waals surface area (Å²) in [6.07, 6.45) is 0.623. The number of allylic oxidation sites excluding steroid dienone is 1. The van der Waals surface area contributed by atoms with Crippen LogP contribution in [0.1, 0.15) is 34.1 Å². The lowest BCUT2D eigenvalue weighted by molar-refractivity contribution is -0.0545. The Balaban J connectivity index is 3.04. The molecule has 1 amide bonds. The lowest BCUT2D eigenvalue weighted by atomic mass is 10.0. The summed E-state index contributed by atoms with van der Waals surface area (Å²) < 4.78 is 68.6. The van der Waals surface area contributed by atoms with Gasteiger partial charge in [-0.1, -0.05) is 6.92 Å². The van der Waals surface area contributed by atoms with Crippen LogP contribution in [0.5, 0.6) is 0 Å². The zero-order valence-electron chi connectivity index (χ0n) is 12.6. The minimum absolute atomic E-state index is 0.00467. The van der Waals surface area contributed by atoms with E-state index >= 15 is 0 Å². The van der Waals surface area contributed by atoms with E-state index < -0.39 is 33.2 Å². The van der Waals surface area contributed by atoms with Gasteiger partial charge in [0.1, 0.15) is 5.60 Å². The van der Waals surface area contributed by atoms with E-state index in [0.29, 0.717) is 6.42 Å². The number of alkyl halides is 3. The highest BCUT2D eigenvalue weighted by Crippen LogP contribution is 2.30. The average molecular weight is 345 g/mol. The first-order valence-electron chi connectivity index (χ1n) is 6.46. The molecule has 0 saturated heterocycles. The zero-order chi connectivity index (χ0) is 17.3. The maximum Gasteiger partial charge on any atom is 0.534 e. The first kappa shape index (κ1) is 18.6. The Morgan fingerprint density at radius 3 is 2.32 bits per heavy atom. The number of carbonyl (C=O) groups is 1. The first-order valence-corrected chi connectivity index (χ1v) is 7.87. The fourth-order valence-electron chi connectivity index (χ4n) is 1.59. The molecule has 10 heteroatoms. The van der Waals surface area contributed by atoms with Crippen molar-refractivity contribution in [1.82, 2.24) is 4.90 Å². The van der Waals surface area contributed by atoms with Gasteiger partial charge in [-0.05, 0) is 39.2 Å². The SMILES string of the molecule is C[C@H]1C=C(OS(=O)(=O)C(F)(F)F)N(C(=O)OC(C)(C)C)CC1. The van der Waals surface area contributed by atoms with Gasteiger partial charge in [0.15, 0.2) is 0 Å². The van der Waals surface area contributed by atoms with Gasteiger partial charge in [0, 0.05) is 6.54 Å². The van der Waals surface area contributed by atoms with Crippen LogP contribution in [0, 0.1) is 5.92 Å². The molecular formula is C12H18F3NO5S. The molecule has 1 aliphatic heterocycles. The van der Waals surface area contributed by atoms with Crippen LogP contribution in [0.3, 0.4) is 0 Å². The Bertz CT molecular complexity index is 562. The van der Waals surface area contributed by atoms with Gasteiger partial charge in [0.05, 0.1) is 0 Å².